The van der Waals surface area contributed by atoms with Crippen LogP contribution in [0.4, 0.5) is 0 Å². The first-order chi connectivity index (χ1) is 11.1. The molecule has 0 unspecified atom stereocenters. The van der Waals surface area contributed by atoms with Crippen molar-refractivity contribution in [2.45, 2.75) is 45.2 Å². The van der Waals surface area contributed by atoms with Crippen molar-refractivity contribution >= 4 is 27.5 Å². The molecule has 0 fully saturated rings. The van der Waals surface area contributed by atoms with E-state index in [1.165, 1.54) is 0 Å². The molecule has 4 heterocycles. The van der Waals surface area contributed by atoms with E-state index in [0.29, 0.717) is 18.2 Å². The Kier molecular flexibility index (Phi) is 3.45. The molecule has 0 aromatic carbocycles. The Morgan fingerprint density at radius 3 is 3.17 bits per heavy atom. The first-order valence-corrected chi connectivity index (χ1v) is 8.79. The first-order valence-electron chi connectivity index (χ1n) is 7.91. The zero-order valence-electron chi connectivity index (χ0n) is 13.2. The van der Waals surface area contributed by atoms with Gasteiger partial charge >= 0.3 is 0 Å². The third-order valence-electron chi connectivity index (χ3n) is 4.21. The molecule has 1 aliphatic heterocycles. The highest BCUT2D eigenvalue weighted by Gasteiger charge is 2.24. The SMILES string of the molecule is CC(C)c1nc2n(n1)C[C@@H](NC(=O)c1cc3sccc3[nH]1)CC2. The Morgan fingerprint density at radius 1 is 1.52 bits per heavy atom. The van der Waals surface area contributed by atoms with Crippen LogP contribution in [0.3, 0.4) is 0 Å². The molecule has 0 saturated heterocycles. The number of aromatic nitrogens is 4. The van der Waals surface area contributed by atoms with Gasteiger partial charge in [-0.25, -0.2) is 9.67 Å². The molecule has 3 aromatic heterocycles. The van der Waals surface area contributed by atoms with Crippen molar-refractivity contribution < 1.29 is 4.79 Å². The van der Waals surface area contributed by atoms with Gasteiger partial charge in [0.25, 0.3) is 5.91 Å². The maximum atomic E-state index is 12.4. The summed E-state index contributed by atoms with van der Waals surface area (Å²) in [6.45, 7) is 4.88. The van der Waals surface area contributed by atoms with Crippen molar-refractivity contribution in [3.63, 3.8) is 0 Å². The number of fused-ring (bicyclic) bond motifs is 2. The molecule has 4 rings (SSSR count). The van der Waals surface area contributed by atoms with E-state index >= 15 is 0 Å². The highest BCUT2D eigenvalue weighted by Crippen LogP contribution is 2.22. The highest BCUT2D eigenvalue weighted by atomic mass is 32.1. The maximum Gasteiger partial charge on any atom is 0.268 e. The average Bonchev–Trinajstić information content (AvgIpc) is 3.20. The van der Waals surface area contributed by atoms with Gasteiger partial charge in [0.1, 0.15) is 11.5 Å². The van der Waals surface area contributed by atoms with Crippen molar-refractivity contribution in [1.29, 1.82) is 0 Å². The smallest absolute Gasteiger partial charge is 0.268 e. The van der Waals surface area contributed by atoms with Gasteiger partial charge in [-0.1, -0.05) is 13.8 Å². The minimum absolute atomic E-state index is 0.0500. The fraction of sp³-hybridized carbons (Fsp3) is 0.438. The van der Waals surface area contributed by atoms with Crippen LogP contribution in [0.1, 0.15) is 48.3 Å². The second kappa shape index (κ2) is 5.49. The number of amides is 1. The number of H-pyrrole nitrogens is 1. The molecule has 7 heteroatoms. The molecule has 1 amide bonds. The summed E-state index contributed by atoms with van der Waals surface area (Å²) < 4.78 is 3.05. The average molecular weight is 329 g/mol. The minimum atomic E-state index is -0.0500. The molecule has 23 heavy (non-hydrogen) atoms. The second-order valence-electron chi connectivity index (χ2n) is 6.31. The number of rotatable bonds is 3. The van der Waals surface area contributed by atoms with Gasteiger partial charge in [0.2, 0.25) is 0 Å². The van der Waals surface area contributed by atoms with Gasteiger partial charge in [0.05, 0.1) is 16.8 Å². The predicted molar refractivity (Wildman–Crippen MR) is 89.9 cm³/mol. The largest absolute Gasteiger partial charge is 0.350 e. The lowest BCUT2D eigenvalue weighted by Crippen LogP contribution is -2.41. The second-order valence-corrected chi connectivity index (χ2v) is 7.26. The number of carbonyl (C=O) groups is 1. The minimum Gasteiger partial charge on any atom is -0.350 e. The molecule has 0 aliphatic carbocycles. The number of hydrogen-bond acceptors (Lipinski definition) is 4. The van der Waals surface area contributed by atoms with Gasteiger partial charge in [-0.15, -0.1) is 11.3 Å². The molecular weight excluding hydrogens is 310 g/mol. The van der Waals surface area contributed by atoms with Crippen LogP contribution in [0, 0.1) is 0 Å². The molecule has 0 saturated carbocycles. The number of nitrogens with one attached hydrogen (secondary N) is 2. The van der Waals surface area contributed by atoms with E-state index in [9.17, 15) is 4.79 Å². The summed E-state index contributed by atoms with van der Waals surface area (Å²) in [5, 5.41) is 9.68. The van der Waals surface area contributed by atoms with Crippen LogP contribution in [0.5, 0.6) is 0 Å². The van der Waals surface area contributed by atoms with Crippen LogP contribution in [0.25, 0.3) is 10.2 Å². The van der Waals surface area contributed by atoms with Crippen molar-refractivity contribution in [3.8, 4) is 0 Å². The lowest BCUT2D eigenvalue weighted by atomic mass is 10.1. The maximum absolute atomic E-state index is 12.4. The quantitative estimate of drug-likeness (QED) is 0.776. The van der Waals surface area contributed by atoms with Gasteiger partial charge in [0.15, 0.2) is 5.82 Å². The third-order valence-corrected chi connectivity index (χ3v) is 5.07. The van der Waals surface area contributed by atoms with Crippen LogP contribution < -0.4 is 5.32 Å². The number of hydrogen-bond donors (Lipinski definition) is 2. The van der Waals surface area contributed by atoms with Crippen LogP contribution >= 0.6 is 11.3 Å². The van der Waals surface area contributed by atoms with E-state index in [2.05, 4.69) is 34.2 Å². The molecular formula is C16H19N5OS. The first kappa shape index (κ1) is 14.4. The fourth-order valence-corrected chi connectivity index (χ4v) is 3.71. The summed E-state index contributed by atoms with van der Waals surface area (Å²) in [6, 6.07) is 4.00. The Hall–Kier alpha value is -2.15. The van der Waals surface area contributed by atoms with E-state index in [4.69, 9.17) is 0 Å². The summed E-state index contributed by atoms with van der Waals surface area (Å²) in [6.07, 6.45) is 1.75. The normalized spacial score (nSPS) is 17.6. The molecule has 0 bridgehead atoms. The summed E-state index contributed by atoms with van der Waals surface area (Å²) in [5.74, 6) is 2.19. The Labute approximate surface area is 137 Å². The number of aromatic amines is 1. The standard InChI is InChI=1S/C16H19N5OS/c1-9(2)15-19-14-4-3-10(8-21(14)20-15)17-16(22)12-7-13-11(18-12)5-6-23-13/h5-7,9-10,18H,3-4,8H2,1-2H3,(H,17,22)/t10-/m0/s1. The van der Waals surface area contributed by atoms with E-state index in [0.717, 1.165) is 34.7 Å². The van der Waals surface area contributed by atoms with E-state index in [-0.39, 0.29) is 11.9 Å². The summed E-state index contributed by atoms with van der Waals surface area (Å²) in [7, 11) is 0. The van der Waals surface area contributed by atoms with Crippen LogP contribution in [-0.4, -0.2) is 31.7 Å². The van der Waals surface area contributed by atoms with Gasteiger partial charge in [-0.05, 0) is 23.9 Å². The molecule has 1 aliphatic rings. The molecule has 1 atom stereocenters. The van der Waals surface area contributed by atoms with Gasteiger partial charge < -0.3 is 10.3 Å². The van der Waals surface area contributed by atoms with Crippen LogP contribution in [0.2, 0.25) is 0 Å². The molecule has 0 radical (unpaired) electrons. The van der Waals surface area contributed by atoms with E-state index in [1.807, 2.05) is 22.2 Å². The molecule has 6 nitrogen and oxygen atoms in total. The van der Waals surface area contributed by atoms with Gasteiger partial charge in [0, 0.05) is 18.4 Å². The Balaban J connectivity index is 1.47. The predicted octanol–water partition coefficient (Wildman–Crippen LogP) is 2.69. The molecule has 0 spiro atoms. The van der Waals surface area contributed by atoms with Crippen LogP contribution in [-0.2, 0) is 13.0 Å². The number of aryl methyl sites for hydroxylation is 1. The monoisotopic (exact) mass is 329 g/mol. The van der Waals surface area contributed by atoms with Crippen molar-refractivity contribution in [2.24, 2.45) is 0 Å². The Bertz CT molecular complexity index is 830. The van der Waals surface area contributed by atoms with Gasteiger partial charge in [-0.2, -0.15) is 5.10 Å². The lowest BCUT2D eigenvalue weighted by molar-refractivity contribution is 0.0922. The number of thiophene rings is 1. The fourth-order valence-electron chi connectivity index (χ4n) is 2.92. The molecule has 120 valence electrons. The molecule has 2 N–H and O–H groups in total. The lowest BCUT2D eigenvalue weighted by Gasteiger charge is -2.23. The van der Waals surface area contributed by atoms with Crippen molar-refractivity contribution in [3.05, 3.63) is 34.9 Å². The van der Waals surface area contributed by atoms with Crippen LogP contribution in [0.15, 0.2) is 17.5 Å². The zero-order valence-corrected chi connectivity index (χ0v) is 14.0. The van der Waals surface area contributed by atoms with E-state index < -0.39 is 0 Å². The topological polar surface area (TPSA) is 75.6 Å². The van der Waals surface area contributed by atoms with Crippen molar-refractivity contribution in [1.82, 2.24) is 25.1 Å². The number of carbonyl (C=O) groups excluding carboxylic acids is 1. The zero-order chi connectivity index (χ0) is 16.0. The molecule has 3 aromatic rings. The third kappa shape index (κ3) is 2.65. The Morgan fingerprint density at radius 2 is 2.39 bits per heavy atom. The van der Waals surface area contributed by atoms with Gasteiger partial charge in [-0.3, -0.25) is 4.79 Å². The van der Waals surface area contributed by atoms with Crippen molar-refractivity contribution in [2.75, 3.05) is 0 Å². The number of nitrogens with zero attached hydrogens (tertiary/aromatic N) is 3. The summed E-state index contributed by atoms with van der Waals surface area (Å²) in [5.41, 5.74) is 1.64. The highest BCUT2D eigenvalue weighted by molar-refractivity contribution is 7.17. The van der Waals surface area contributed by atoms with E-state index in [1.54, 1.807) is 11.3 Å². The summed E-state index contributed by atoms with van der Waals surface area (Å²) >= 11 is 1.63. The summed E-state index contributed by atoms with van der Waals surface area (Å²) in [4.78, 5) is 20.2.